The molecule has 1 atom stereocenters. The van der Waals surface area contributed by atoms with Crippen LogP contribution in [0.15, 0.2) is 12.3 Å². The Morgan fingerprint density at radius 3 is 3.06 bits per heavy atom. The summed E-state index contributed by atoms with van der Waals surface area (Å²) in [6.45, 7) is 3.92. The van der Waals surface area contributed by atoms with E-state index in [0.717, 1.165) is 18.8 Å². The lowest BCUT2D eigenvalue weighted by Gasteiger charge is -2.32. The van der Waals surface area contributed by atoms with E-state index >= 15 is 0 Å². The van der Waals surface area contributed by atoms with E-state index in [9.17, 15) is 4.79 Å². The number of nitrogens with two attached hydrogens (primary N) is 2. The third-order valence-corrected chi connectivity index (χ3v) is 3.83. The van der Waals surface area contributed by atoms with E-state index in [2.05, 4.69) is 16.8 Å². The van der Waals surface area contributed by atoms with Crippen LogP contribution < -0.4 is 16.4 Å². The van der Waals surface area contributed by atoms with Gasteiger partial charge in [0.25, 0.3) is 5.91 Å². The molecule has 1 saturated heterocycles. The minimum Gasteiger partial charge on any atom is -0.397 e. The maximum Gasteiger partial charge on any atom is 0.252 e. The molecule has 5 nitrogen and oxygen atoms in total. The summed E-state index contributed by atoms with van der Waals surface area (Å²) >= 11 is 1.92. The predicted molar refractivity (Wildman–Crippen MR) is 71.3 cm³/mol. The van der Waals surface area contributed by atoms with Gasteiger partial charge in [0.15, 0.2) is 0 Å². The highest BCUT2D eigenvalue weighted by molar-refractivity contribution is 8.00. The van der Waals surface area contributed by atoms with Gasteiger partial charge in [-0.2, -0.15) is 11.8 Å². The third kappa shape index (κ3) is 2.63. The molecule has 4 N–H and O–H groups in total. The highest BCUT2D eigenvalue weighted by Gasteiger charge is 2.22. The highest BCUT2D eigenvalue weighted by atomic mass is 32.2. The molecule has 17 heavy (non-hydrogen) atoms. The average molecular weight is 252 g/mol. The molecular weight excluding hydrogens is 236 g/mol. The summed E-state index contributed by atoms with van der Waals surface area (Å²) in [5.41, 5.74) is 11.9. The molecule has 1 amide bonds. The molecule has 0 aliphatic carbocycles. The van der Waals surface area contributed by atoms with Crippen LogP contribution in [0.4, 0.5) is 11.5 Å². The van der Waals surface area contributed by atoms with Crippen LogP contribution in [0.2, 0.25) is 0 Å². The van der Waals surface area contributed by atoms with Crippen molar-refractivity contribution in [1.82, 2.24) is 4.98 Å². The Morgan fingerprint density at radius 2 is 2.41 bits per heavy atom. The largest absolute Gasteiger partial charge is 0.397 e. The monoisotopic (exact) mass is 252 g/mol. The van der Waals surface area contributed by atoms with E-state index in [1.807, 2.05) is 11.8 Å². The number of hydrogen-bond acceptors (Lipinski definition) is 5. The van der Waals surface area contributed by atoms with Crippen LogP contribution in [0.25, 0.3) is 0 Å². The summed E-state index contributed by atoms with van der Waals surface area (Å²) < 4.78 is 0. The Kier molecular flexibility index (Phi) is 3.42. The van der Waals surface area contributed by atoms with Gasteiger partial charge in [-0.1, -0.05) is 6.92 Å². The van der Waals surface area contributed by atoms with Crippen LogP contribution in [-0.2, 0) is 0 Å². The second kappa shape index (κ2) is 4.83. The number of anilines is 2. The molecule has 2 rings (SSSR count). The molecule has 1 aliphatic rings. The summed E-state index contributed by atoms with van der Waals surface area (Å²) in [5, 5.41) is 0.531. The van der Waals surface area contributed by atoms with Gasteiger partial charge >= 0.3 is 0 Å². The quantitative estimate of drug-likeness (QED) is 0.809. The average Bonchev–Trinajstić information content (AvgIpc) is 2.28. The van der Waals surface area contributed by atoms with E-state index in [4.69, 9.17) is 11.5 Å². The van der Waals surface area contributed by atoms with Gasteiger partial charge in [0, 0.05) is 24.1 Å². The lowest BCUT2D eigenvalue weighted by atomic mass is 10.2. The van der Waals surface area contributed by atoms with E-state index < -0.39 is 5.91 Å². The lowest BCUT2D eigenvalue weighted by molar-refractivity contribution is 0.100. The van der Waals surface area contributed by atoms with Crippen molar-refractivity contribution in [2.75, 3.05) is 29.5 Å². The number of carbonyl (C=O) groups excluding carboxylic acids is 1. The van der Waals surface area contributed by atoms with Gasteiger partial charge in [-0.25, -0.2) is 4.98 Å². The number of thioether (sulfide) groups is 1. The van der Waals surface area contributed by atoms with Gasteiger partial charge in [-0.3, -0.25) is 4.79 Å². The second-order valence-corrected chi connectivity index (χ2v) is 5.68. The molecule has 1 fully saturated rings. The van der Waals surface area contributed by atoms with Crippen LogP contribution in [0, 0.1) is 0 Å². The molecular formula is C11H16N4OS. The molecule has 0 saturated carbocycles. The first-order valence-corrected chi connectivity index (χ1v) is 6.54. The summed E-state index contributed by atoms with van der Waals surface area (Å²) in [6.07, 6.45) is 1.56. The van der Waals surface area contributed by atoms with Gasteiger partial charge < -0.3 is 16.4 Å². The molecule has 1 unspecified atom stereocenters. The number of rotatable bonds is 2. The van der Waals surface area contributed by atoms with Crippen molar-refractivity contribution in [2.24, 2.45) is 5.73 Å². The van der Waals surface area contributed by atoms with E-state index in [1.165, 1.54) is 0 Å². The van der Waals surface area contributed by atoms with Crippen LogP contribution in [0.5, 0.6) is 0 Å². The van der Waals surface area contributed by atoms with E-state index in [0.29, 0.717) is 22.3 Å². The number of aromatic nitrogens is 1. The first-order valence-electron chi connectivity index (χ1n) is 5.50. The number of nitrogen functional groups attached to an aromatic ring is 1. The van der Waals surface area contributed by atoms with Crippen LogP contribution in [-0.4, -0.2) is 35.0 Å². The van der Waals surface area contributed by atoms with Crippen LogP contribution >= 0.6 is 11.8 Å². The topological polar surface area (TPSA) is 85.2 Å². The molecule has 0 aromatic carbocycles. The Balaban J connectivity index is 2.33. The molecule has 0 radical (unpaired) electrons. The maximum absolute atomic E-state index is 11.4. The second-order valence-electron chi connectivity index (χ2n) is 4.13. The SMILES string of the molecule is CC1CN(c2ncc(N)cc2C(N)=O)CCS1. The molecule has 1 aliphatic heterocycles. The summed E-state index contributed by atoms with van der Waals surface area (Å²) in [7, 11) is 0. The minimum atomic E-state index is -0.481. The van der Waals surface area contributed by atoms with Gasteiger partial charge in [-0.15, -0.1) is 0 Å². The van der Waals surface area contributed by atoms with Crippen molar-refractivity contribution in [3.63, 3.8) is 0 Å². The number of primary amides is 1. The van der Waals surface area contributed by atoms with Crippen molar-refractivity contribution in [3.8, 4) is 0 Å². The number of hydrogen-bond donors (Lipinski definition) is 2. The summed E-state index contributed by atoms with van der Waals surface area (Å²) in [4.78, 5) is 17.7. The summed E-state index contributed by atoms with van der Waals surface area (Å²) in [5.74, 6) is 1.20. The Bertz CT molecular complexity index is 437. The Labute approximate surface area is 105 Å². The van der Waals surface area contributed by atoms with Crippen molar-refractivity contribution in [3.05, 3.63) is 17.8 Å². The fraction of sp³-hybridized carbons (Fsp3) is 0.455. The molecule has 6 heteroatoms. The van der Waals surface area contributed by atoms with Gasteiger partial charge in [0.1, 0.15) is 5.82 Å². The molecule has 0 spiro atoms. The zero-order valence-corrected chi connectivity index (χ0v) is 10.5. The first-order chi connectivity index (χ1) is 8.08. The van der Waals surface area contributed by atoms with E-state index in [-0.39, 0.29) is 0 Å². The van der Waals surface area contributed by atoms with Crippen molar-refractivity contribution in [1.29, 1.82) is 0 Å². The number of carbonyl (C=O) groups is 1. The minimum absolute atomic E-state index is 0.407. The summed E-state index contributed by atoms with van der Waals surface area (Å²) in [6, 6.07) is 1.59. The van der Waals surface area contributed by atoms with Crippen molar-refractivity contribution in [2.45, 2.75) is 12.2 Å². The van der Waals surface area contributed by atoms with Crippen molar-refractivity contribution < 1.29 is 4.79 Å². The molecule has 1 aromatic heterocycles. The lowest BCUT2D eigenvalue weighted by Crippen LogP contribution is -2.38. The zero-order valence-electron chi connectivity index (χ0n) is 9.72. The standard InChI is InChI=1S/C11H16N4OS/c1-7-6-15(2-3-17-7)11-9(10(13)16)4-8(12)5-14-11/h4-5,7H,2-3,6,12H2,1H3,(H2,13,16). The highest BCUT2D eigenvalue weighted by Crippen LogP contribution is 2.25. The fourth-order valence-electron chi connectivity index (χ4n) is 1.92. The molecule has 2 heterocycles. The van der Waals surface area contributed by atoms with Gasteiger partial charge in [0.2, 0.25) is 0 Å². The normalized spacial score (nSPS) is 20.3. The fourth-order valence-corrected chi connectivity index (χ4v) is 2.93. The maximum atomic E-state index is 11.4. The predicted octanol–water partition coefficient (Wildman–Crippen LogP) is 0.704. The number of nitrogens with zero attached hydrogens (tertiary/aromatic N) is 2. The number of amides is 1. The smallest absolute Gasteiger partial charge is 0.252 e. The molecule has 1 aromatic rings. The van der Waals surface area contributed by atoms with E-state index in [1.54, 1.807) is 12.3 Å². The number of pyridine rings is 1. The first kappa shape index (κ1) is 12.0. The van der Waals surface area contributed by atoms with Crippen LogP contribution in [0.3, 0.4) is 0 Å². The Hall–Kier alpha value is -1.43. The molecule has 92 valence electrons. The van der Waals surface area contributed by atoms with Gasteiger partial charge in [-0.05, 0) is 6.07 Å². The molecule has 0 bridgehead atoms. The zero-order chi connectivity index (χ0) is 12.4. The van der Waals surface area contributed by atoms with Crippen LogP contribution in [0.1, 0.15) is 17.3 Å². The third-order valence-electron chi connectivity index (χ3n) is 2.69. The van der Waals surface area contributed by atoms with Gasteiger partial charge in [0.05, 0.1) is 17.4 Å². The van der Waals surface area contributed by atoms with Crippen molar-refractivity contribution >= 4 is 29.2 Å². The Morgan fingerprint density at radius 1 is 1.65 bits per heavy atom.